The van der Waals surface area contributed by atoms with Gasteiger partial charge < -0.3 is 25.0 Å². The van der Waals surface area contributed by atoms with E-state index in [0.29, 0.717) is 12.8 Å². The van der Waals surface area contributed by atoms with Crippen LogP contribution in [0.15, 0.2) is 36.5 Å². The topological polar surface area (TPSA) is 122 Å². The largest absolute Gasteiger partial charge is 0.462 e. The highest BCUT2D eigenvalue weighted by Crippen LogP contribution is 2.15. The zero-order valence-corrected chi connectivity index (χ0v) is 37.2. The summed E-state index contributed by atoms with van der Waals surface area (Å²) in [4.78, 5) is 38.3. The van der Waals surface area contributed by atoms with Crippen molar-refractivity contribution in [3.05, 3.63) is 36.5 Å². The molecule has 57 heavy (non-hydrogen) atoms. The number of carbonyl (C=O) groups excluding carboxylic acids is 3. The van der Waals surface area contributed by atoms with Crippen molar-refractivity contribution in [3.63, 3.8) is 0 Å². The second kappa shape index (κ2) is 43.1. The van der Waals surface area contributed by atoms with Crippen LogP contribution >= 0.6 is 0 Å². The van der Waals surface area contributed by atoms with Crippen LogP contribution < -0.4 is 5.32 Å². The Hall–Kier alpha value is -2.45. The number of aliphatic hydroxyl groups is 2. The van der Waals surface area contributed by atoms with E-state index >= 15 is 0 Å². The summed E-state index contributed by atoms with van der Waals surface area (Å²) in [5, 5.41) is 24.1. The number of hydrogen-bond donors (Lipinski definition) is 3. The van der Waals surface area contributed by atoms with E-state index in [1.54, 1.807) is 0 Å². The molecule has 0 aromatic heterocycles. The SMILES string of the molecule is CCCC=CCC=CCC=CCCCCC(=O)O[C@@H](COC(=O)CCCCCCCCCCCCCCC)[C@H](O)[C@H](CO)NC(=O)CCCCCCCCCCC. The number of carbonyl (C=O) groups is 3. The van der Waals surface area contributed by atoms with Crippen molar-refractivity contribution in [3.8, 4) is 0 Å². The number of allylic oxidation sites excluding steroid dienone is 6. The molecule has 0 spiro atoms. The third-order valence-corrected chi connectivity index (χ3v) is 10.5. The number of esters is 2. The van der Waals surface area contributed by atoms with Gasteiger partial charge in [0.2, 0.25) is 5.91 Å². The molecule has 0 bridgehead atoms. The lowest BCUT2D eigenvalue weighted by molar-refractivity contribution is -0.168. The monoisotopic (exact) mass is 804 g/mol. The van der Waals surface area contributed by atoms with Crippen LogP contribution in [0, 0.1) is 0 Å². The highest BCUT2D eigenvalue weighted by atomic mass is 16.6. The third kappa shape index (κ3) is 37.6. The molecule has 0 unspecified atom stereocenters. The summed E-state index contributed by atoms with van der Waals surface area (Å²) in [5.74, 6) is -1.18. The number of nitrogens with one attached hydrogen (secondary N) is 1. The number of ether oxygens (including phenoxy) is 2. The molecule has 1 amide bonds. The van der Waals surface area contributed by atoms with Crippen LogP contribution in [0.5, 0.6) is 0 Å². The zero-order valence-electron chi connectivity index (χ0n) is 37.2. The lowest BCUT2D eigenvalue weighted by Crippen LogP contribution is -2.53. The fourth-order valence-electron chi connectivity index (χ4n) is 6.81. The predicted molar refractivity (Wildman–Crippen MR) is 238 cm³/mol. The van der Waals surface area contributed by atoms with E-state index in [2.05, 4.69) is 62.5 Å². The van der Waals surface area contributed by atoms with E-state index in [1.807, 2.05) is 0 Å². The normalized spacial score (nSPS) is 13.4. The van der Waals surface area contributed by atoms with Gasteiger partial charge in [-0.25, -0.2) is 0 Å². The molecule has 0 fully saturated rings. The number of hydrogen-bond acceptors (Lipinski definition) is 7. The fraction of sp³-hybridized carbons (Fsp3) is 0.816. The van der Waals surface area contributed by atoms with Gasteiger partial charge in [-0.05, 0) is 51.4 Å². The molecule has 0 aliphatic rings. The summed E-state index contributed by atoms with van der Waals surface area (Å²) in [6.45, 7) is 5.76. The summed E-state index contributed by atoms with van der Waals surface area (Å²) in [6, 6.07) is -1.06. The summed E-state index contributed by atoms with van der Waals surface area (Å²) in [6.07, 6.45) is 43.4. The van der Waals surface area contributed by atoms with Gasteiger partial charge >= 0.3 is 11.9 Å². The Kier molecular flexibility index (Phi) is 41.3. The molecule has 0 aromatic rings. The molecule has 8 nitrogen and oxygen atoms in total. The number of unbranched alkanes of at least 4 members (excludes halogenated alkanes) is 23. The minimum atomic E-state index is -1.44. The van der Waals surface area contributed by atoms with Crippen LogP contribution in [0.3, 0.4) is 0 Å². The maximum absolute atomic E-state index is 12.9. The van der Waals surface area contributed by atoms with E-state index in [1.165, 1.54) is 109 Å². The molecule has 0 aliphatic heterocycles. The average molecular weight is 804 g/mol. The summed E-state index contributed by atoms with van der Waals surface area (Å²) in [7, 11) is 0. The van der Waals surface area contributed by atoms with Crippen molar-refractivity contribution in [2.24, 2.45) is 0 Å². The van der Waals surface area contributed by atoms with Crippen molar-refractivity contribution >= 4 is 17.8 Å². The van der Waals surface area contributed by atoms with Crippen molar-refractivity contribution in [2.75, 3.05) is 13.2 Å². The molecule has 0 saturated carbocycles. The van der Waals surface area contributed by atoms with Gasteiger partial charge in [0.25, 0.3) is 0 Å². The van der Waals surface area contributed by atoms with E-state index < -0.39 is 36.8 Å². The van der Waals surface area contributed by atoms with Crippen molar-refractivity contribution in [2.45, 2.75) is 244 Å². The standard InChI is InChI=1S/C49H89NO7/c1-4-7-10-13-16-19-21-23-25-28-31-34-37-40-47(53)56-43-45(57-48(54)41-38-35-32-29-26-24-22-20-17-14-11-8-5-2)49(55)44(42-51)50-46(52)39-36-33-30-27-18-15-12-9-6-3/h11,14,20,22,26,29,44-45,49,51,55H,4-10,12-13,15-19,21,23-25,27-28,30-43H2,1-3H3,(H,50,52)/t44-,45-,49+/m0/s1. The van der Waals surface area contributed by atoms with E-state index in [9.17, 15) is 24.6 Å². The Morgan fingerprint density at radius 3 is 1.42 bits per heavy atom. The minimum Gasteiger partial charge on any atom is -0.462 e. The fourth-order valence-corrected chi connectivity index (χ4v) is 6.81. The summed E-state index contributed by atoms with van der Waals surface area (Å²) in [5.41, 5.74) is 0. The molecule has 3 N–H and O–H groups in total. The third-order valence-electron chi connectivity index (χ3n) is 10.5. The molecule has 3 atom stereocenters. The van der Waals surface area contributed by atoms with Crippen LogP contribution in [-0.2, 0) is 23.9 Å². The smallest absolute Gasteiger partial charge is 0.306 e. The molecule has 0 heterocycles. The molecule has 332 valence electrons. The number of rotatable bonds is 42. The van der Waals surface area contributed by atoms with Crippen molar-refractivity contribution < 1.29 is 34.1 Å². The number of amides is 1. The van der Waals surface area contributed by atoms with Gasteiger partial charge in [0.15, 0.2) is 6.10 Å². The molecule has 0 radical (unpaired) electrons. The Morgan fingerprint density at radius 2 is 0.930 bits per heavy atom. The lowest BCUT2D eigenvalue weighted by Gasteiger charge is -2.29. The highest BCUT2D eigenvalue weighted by Gasteiger charge is 2.32. The first-order chi connectivity index (χ1) is 27.9. The first kappa shape index (κ1) is 54.6. The van der Waals surface area contributed by atoms with Crippen molar-refractivity contribution in [1.29, 1.82) is 0 Å². The molecular weight excluding hydrogens is 715 g/mol. The molecule has 0 saturated heterocycles. The van der Waals surface area contributed by atoms with E-state index in [4.69, 9.17) is 9.47 Å². The van der Waals surface area contributed by atoms with E-state index in [-0.39, 0.29) is 25.4 Å². The molecule has 0 aliphatic carbocycles. The van der Waals surface area contributed by atoms with Gasteiger partial charge in [0.1, 0.15) is 12.7 Å². The molecular formula is C49H89NO7. The molecule has 8 heteroatoms. The van der Waals surface area contributed by atoms with Gasteiger partial charge in [-0.1, -0.05) is 192 Å². The second-order valence-corrected chi connectivity index (χ2v) is 16.0. The minimum absolute atomic E-state index is 0.155. The second-order valence-electron chi connectivity index (χ2n) is 16.0. The Morgan fingerprint density at radius 1 is 0.509 bits per heavy atom. The quantitative estimate of drug-likeness (QED) is 0.0319. The Balaban J connectivity index is 4.79. The maximum atomic E-state index is 12.9. The summed E-state index contributed by atoms with van der Waals surface area (Å²) < 4.78 is 11.2. The van der Waals surface area contributed by atoms with Gasteiger partial charge in [-0.3, -0.25) is 14.4 Å². The van der Waals surface area contributed by atoms with Crippen LogP contribution in [0.2, 0.25) is 0 Å². The van der Waals surface area contributed by atoms with Gasteiger partial charge in [0.05, 0.1) is 12.6 Å². The van der Waals surface area contributed by atoms with Gasteiger partial charge in [0, 0.05) is 19.3 Å². The van der Waals surface area contributed by atoms with Crippen LogP contribution in [0.4, 0.5) is 0 Å². The average Bonchev–Trinajstić information content (AvgIpc) is 3.21. The highest BCUT2D eigenvalue weighted by molar-refractivity contribution is 5.76. The van der Waals surface area contributed by atoms with E-state index in [0.717, 1.165) is 70.6 Å². The first-order valence-electron chi connectivity index (χ1n) is 23.8. The van der Waals surface area contributed by atoms with Crippen LogP contribution in [0.1, 0.15) is 226 Å². The molecule has 0 rings (SSSR count). The lowest BCUT2D eigenvalue weighted by atomic mass is 10.0. The Labute approximate surface area is 350 Å². The molecule has 0 aromatic carbocycles. The number of aliphatic hydroxyl groups excluding tert-OH is 2. The first-order valence-corrected chi connectivity index (χ1v) is 23.8. The Bertz CT molecular complexity index is 1010. The zero-order chi connectivity index (χ0) is 41.9. The van der Waals surface area contributed by atoms with Gasteiger partial charge in [-0.15, -0.1) is 0 Å². The maximum Gasteiger partial charge on any atom is 0.306 e. The van der Waals surface area contributed by atoms with Crippen molar-refractivity contribution in [1.82, 2.24) is 5.32 Å². The van der Waals surface area contributed by atoms with Gasteiger partial charge in [-0.2, -0.15) is 0 Å². The van der Waals surface area contributed by atoms with Crippen LogP contribution in [0.25, 0.3) is 0 Å². The summed E-state index contributed by atoms with van der Waals surface area (Å²) >= 11 is 0. The predicted octanol–water partition coefficient (Wildman–Crippen LogP) is 12.5. The van der Waals surface area contributed by atoms with Crippen LogP contribution in [-0.4, -0.2) is 59.5 Å².